The van der Waals surface area contributed by atoms with Gasteiger partial charge in [-0.3, -0.25) is 4.79 Å². The van der Waals surface area contributed by atoms with E-state index in [4.69, 9.17) is 4.74 Å². The van der Waals surface area contributed by atoms with Crippen LogP contribution in [0.15, 0.2) is 41.7 Å². The number of rotatable bonds is 5. The summed E-state index contributed by atoms with van der Waals surface area (Å²) in [5.41, 5.74) is 2.09. The molecule has 1 aromatic carbocycles. The topological polar surface area (TPSA) is 52.1 Å². The minimum Gasteiger partial charge on any atom is -0.465 e. The number of thiophene rings is 1. The summed E-state index contributed by atoms with van der Waals surface area (Å²) in [4.78, 5) is 23.5. The highest BCUT2D eigenvalue weighted by Gasteiger charge is 2.25. The molecule has 6 heteroatoms. The molecule has 0 spiro atoms. The van der Waals surface area contributed by atoms with Gasteiger partial charge in [0.25, 0.3) is 0 Å². The molecular formula is C18H18N2O2S2. The van der Waals surface area contributed by atoms with Gasteiger partial charge in [0.1, 0.15) is 21.4 Å². The number of aromatic nitrogens is 2. The molecule has 3 rings (SSSR count). The summed E-state index contributed by atoms with van der Waals surface area (Å²) in [5, 5.41) is 1.42. The molecule has 0 amide bonds. The number of aryl methyl sites for hydroxylation is 2. The molecule has 0 N–H and O–H groups in total. The third-order valence-electron chi connectivity index (χ3n) is 3.76. The SMILES string of the molecule is CCOC(=O)[C@@H](Sc1ncnc2sc(C)c(C)c12)c1ccccc1. The highest BCUT2D eigenvalue weighted by Crippen LogP contribution is 2.41. The molecule has 0 aliphatic rings. The average molecular weight is 358 g/mol. The number of fused-ring (bicyclic) bond motifs is 1. The number of carbonyl (C=O) groups excluding carboxylic acids is 1. The zero-order valence-corrected chi connectivity index (χ0v) is 15.4. The van der Waals surface area contributed by atoms with Gasteiger partial charge in [-0.15, -0.1) is 11.3 Å². The summed E-state index contributed by atoms with van der Waals surface area (Å²) >= 11 is 3.08. The van der Waals surface area contributed by atoms with Crippen LogP contribution in [0, 0.1) is 13.8 Å². The molecular weight excluding hydrogens is 340 g/mol. The minimum absolute atomic E-state index is 0.245. The van der Waals surface area contributed by atoms with Crippen LogP contribution < -0.4 is 0 Å². The van der Waals surface area contributed by atoms with Gasteiger partial charge in [-0.25, -0.2) is 9.97 Å². The van der Waals surface area contributed by atoms with E-state index in [9.17, 15) is 4.79 Å². The Bertz CT molecular complexity index is 862. The molecule has 0 bridgehead atoms. The van der Waals surface area contributed by atoms with Crippen LogP contribution in [-0.2, 0) is 9.53 Å². The third-order valence-corrected chi connectivity index (χ3v) is 6.11. The molecule has 1 atom stereocenters. The number of carbonyl (C=O) groups is 1. The minimum atomic E-state index is -0.441. The lowest BCUT2D eigenvalue weighted by Crippen LogP contribution is -2.13. The number of ether oxygens (including phenoxy) is 1. The second-order valence-corrected chi connectivity index (χ2v) is 7.60. The van der Waals surface area contributed by atoms with E-state index >= 15 is 0 Å². The Morgan fingerprint density at radius 2 is 2.00 bits per heavy atom. The number of hydrogen-bond acceptors (Lipinski definition) is 6. The van der Waals surface area contributed by atoms with E-state index in [1.54, 1.807) is 17.7 Å². The van der Waals surface area contributed by atoms with Crippen molar-refractivity contribution < 1.29 is 9.53 Å². The van der Waals surface area contributed by atoms with Crippen molar-refractivity contribution in [1.82, 2.24) is 9.97 Å². The largest absolute Gasteiger partial charge is 0.465 e. The molecule has 0 saturated carbocycles. The van der Waals surface area contributed by atoms with Crippen molar-refractivity contribution in [3.05, 3.63) is 52.7 Å². The maximum atomic E-state index is 12.5. The first-order valence-corrected chi connectivity index (χ1v) is 9.40. The van der Waals surface area contributed by atoms with Crippen molar-refractivity contribution in [3.63, 3.8) is 0 Å². The maximum absolute atomic E-state index is 12.5. The predicted molar refractivity (Wildman–Crippen MR) is 98.6 cm³/mol. The van der Waals surface area contributed by atoms with E-state index in [1.807, 2.05) is 37.3 Å². The molecule has 2 heterocycles. The number of nitrogens with zero attached hydrogens (tertiary/aromatic N) is 2. The van der Waals surface area contributed by atoms with Crippen molar-refractivity contribution in [2.24, 2.45) is 0 Å². The molecule has 0 fully saturated rings. The molecule has 0 aliphatic carbocycles. The monoisotopic (exact) mass is 358 g/mol. The first kappa shape index (κ1) is 16.9. The van der Waals surface area contributed by atoms with Gasteiger partial charge in [-0.2, -0.15) is 0 Å². The number of hydrogen-bond donors (Lipinski definition) is 0. The Morgan fingerprint density at radius 1 is 1.25 bits per heavy atom. The fourth-order valence-electron chi connectivity index (χ4n) is 2.45. The van der Waals surface area contributed by atoms with E-state index in [0.29, 0.717) is 6.61 Å². The third kappa shape index (κ3) is 3.30. The van der Waals surface area contributed by atoms with E-state index in [-0.39, 0.29) is 5.97 Å². The second kappa shape index (κ2) is 7.32. The number of benzene rings is 1. The van der Waals surface area contributed by atoms with Crippen molar-refractivity contribution in [3.8, 4) is 0 Å². The van der Waals surface area contributed by atoms with E-state index in [1.165, 1.54) is 22.2 Å². The zero-order chi connectivity index (χ0) is 17.1. The Balaban J connectivity index is 2.03. The first-order chi connectivity index (χ1) is 11.6. The van der Waals surface area contributed by atoms with Crippen LogP contribution in [0.2, 0.25) is 0 Å². The predicted octanol–water partition coefficient (Wildman–Crippen LogP) is 4.70. The maximum Gasteiger partial charge on any atom is 0.324 e. The van der Waals surface area contributed by atoms with Crippen LogP contribution >= 0.6 is 23.1 Å². The summed E-state index contributed by atoms with van der Waals surface area (Å²) in [6.45, 7) is 6.33. The Hall–Kier alpha value is -1.92. The Labute approximate surface area is 149 Å². The van der Waals surface area contributed by atoms with Crippen LogP contribution in [0.25, 0.3) is 10.2 Å². The lowest BCUT2D eigenvalue weighted by Gasteiger charge is -2.15. The van der Waals surface area contributed by atoms with Gasteiger partial charge in [0.15, 0.2) is 0 Å². The molecule has 0 saturated heterocycles. The Kier molecular flexibility index (Phi) is 5.16. The highest BCUT2D eigenvalue weighted by atomic mass is 32.2. The smallest absolute Gasteiger partial charge is 0.324 e. The van der Waals surface area contributed by atoms with Crippen LogP contribution in [-0.4, -0.2) is 22.5 Å². The summed E-state index contributed by atoms with van der Waals surface area (Å²) in [6.07, 6.45) is 1.56. The summed E-state index contributed by atoms with van der Waals surface area (Å²) < 4.78 is 5.28. The van der Waals surface area contributed by atoms with Gasteiger partial charge in [0.05, 0.1) is 6.61 Å². The summed E-state index contributed by atoms with van der Waals surface area (Å²) in [7, 11) is 0. The molecule has 0 aliphatic heterocycles. The van der Waals surface area contributed by atoms with Gasteiger partial charge in [-0.05, 0) is 31.9 Å². The molecule has 0 unspecified atom stereocenters. The standard InChI is InChI=1S/C18H18N2O2S2/c1-4-22-18(21)15(13-8-6-5-7-9-13)24-17-14-11(2)12(3)23-16(14)19-10-20-17/h5-10,15H,4H2,1-3H3/t15-/m0/s1. The van der Waals surface area contributed by atoms with E-state index < -0.39 is 5.25 Å². The van der Waals surface area contributed by atoms with Gasteiger partial charge in [0, 0.05) is 10.3 Å². The van der Waals surface area contributed by atoms with E-state index in [2.05, 4.69) is 23.8 Å². The van der Waals surface area contributed by atoms with Gasteiger partial charge >= 0.3 is 5.97 Å². The summed E-state index contributed by atoms with van der Waals surface area (Å²) in [5.74, 6) is -0.245. The molecule has 4 nitrogen and oxygen atoms in total. The first-order valence-electron chi connectivity index (χ1n) is 7.70. The lowest BCUT2D eigenvalue weighted by molar-refractivity contribution is -0.142. The molecule has 3 aromatic rings. The number of esters is 1. The molecule has 24 heavy (non-hydrogen) atoms. The molecule has 124 valence electrons. The van der Waals surface area contributed by atoms with Crippen LogP contribution in [0.3, 0.4) is 0 Å². The highest BCUT2D eigenvalue weighted by molar-refractivity contribution is 8.00. The lowest BCUT2D eigenvalue weighted by atomic mass is 10.1. The molecule has 0 radical (unpaired) electrons. The average Bonchev–Trinajstić information content (AvgIpc) is 2.89. The normalized spacial score (nSPS) is 12.3. The Morgan fingerprint density at radius 3 is 2.71 bits per heavy atom. The summed E-state index contributed by atoms with van der Waals surface area (Å²) in [6, 6.07) is 9.68. The van der Waals surface area contributed by atoms with Crippen LogP contribution in [0.4, 0.5) is 0 Å². The second-order valence-electron chi connectivity index (χ2n) is 5.30. The molecule has 2 aromatic heterocycles. The van der Waals surface area contributed by atoms with Crippen LogP contribution in [0.1, 0.15) is 28.2 Å². The number of thioether (sulfide) groups is 1. The fraction of sp³-hybridized carbons (Fsp3) is 0.278. The van der Waals surface area contributed by atoms with Gasteiger partial charge in [-0.1, -0.05) is 42.1 Å². The van der Waals surface area contributed by atoms with Gasteiger partial charge in [0.2, 0.25) is 0 Å². The van der Waals surface area contributed by atoms with E-state index in [0.717, 1.165) is 20.8 Å². The van der Waals surface area contributed by atoms with Gasteiger partial charge < -0.3 is 4.74 Å². The quantitative estimate of drug-likeness (QED) is 0.376. The fourth-order valence-corrected chi connectivity index (χ4v) is 4.67. The van der Waals surface area contributed by atoms with Crippen molar-refractivity contribution >= 4 is 39.3 Å². The van der Waals surface area contributed by atoms with Crippen molar-refractivity contribution in [1.29, 1.82) is 0 Å². The zero-order valence-electron chi connectivity index (χ0n) is 13.8. The van der Waals surface area contributed by atoms with Crippen LogP contribution in [0.5, 0.6) is 0 Å². The van der Waals surface area contributed by atoms with Crippen molar-refractivity contribution in [2.45, 2.75) is 31.0 Å². The van der Waals surface area contributed by atoms with Crippen molar-refractivity contribution in [2.75, 3.05) is 6.61 Å².